The molecule has 1 aliphatic carbocycles. The van der Waals surface area contributed by atoms with E-state index in [0.717, 1.165) is 12.1 Å². The first kappa shape index (κ1) is 27.7. The van der Waals surface area contributed by atoms with Gasteiger partial charge in [0.2, 0.25) is 0 Å². The number of amides is 1. The number of carbonyl (C=O) groups excluding carboxylic acids is 1. The summed E-state index contributed by atoms with van der Waals surface area (Å²) in [5.74, 6) is -4.33. The van der Waals surface area contributed by atoms with Crippen LogP contribution in [-0.2, 0) is 4.74 Å². The number of anilines is 1. The van der Waals surface area contributed by atoms with Crippen LogP contribution in [0, 0.1) is 17.0 Å². The highest BCUT2D eigenvalue weighted by atomic mass is 19.3. The summed E-state index contributed by atoms with van der Waals surface area (Å²) < 4.78 is 69.2. The molecule has 1 saturated carbocycles. The second kappa shape index (κ2) is 9.07. The van der Waals surface area contributed by atoms with E-state index in [1.807, 2.05) is 11.8 Å². The van der Waals surface area contributed by atoms with Gasteiger partial charge in [-0.05, 0) is 60.7 Å². The molecular weight excluding hydrogens is 518 g/mol. The van der Waals surface area contributed by atoms with E-state index in [0.29, 0.717) is 25.9 Å². The van der Waals surface area contributed by atoms with E-state index in [-0.39, 0.29) is 48.3 Å². The van der Waals surface area contributed by atoms with Gasteiger partial charge in [-0.1, -0.05) is 0 Å². The molecule has 3 saturated heterocycles. The molecule has 0 spiro atoms. The fourth-order valence-corrected chi connectivity index (χ4v) is 5.88. The van der Waals surface area contributed by atoms with Crippen molar-refractivity contribution < 1.29 is 31.8 Å². The topological polar surface area (TPSA) is 71.0 Å². The first-order valence-electron chi connectivity index (χ1n) is 13.1. The molecule has 1 aromatic carbocycles. The van der Waals surface area contributed by atoms with Crippen molar-refractivity contribution in [2.75, 3.05) is 45.2 Å². The van der Waals surface area contributed by atoms with Gasteiger partial charge in [-0.2, -0.15) is 9.97 Å². The van der Waals surface area contributed by atoms with E-state index >= 15 is 0 Å². The Balaban J connectivity index is 1.48. The number of fused-ring (bicyclic) bond motifs is 4. The van der Waals surface area contributed by atoms with Crippen molar-refractivity contribution in [3.63, 3.8) is 0 Å². The number of nitrogens with zero attached hydrogens (tertiary/aromatic N) is 5. The Labute approximate surface area is 225 Å². The van der Waals surface area contributed by atoms with Gasteiger partial charge in [0.05, 0.1) is 11.0 Å². The van der Waals surface area contributed by atoms with E-state index < -0.39 is 40.2 Å². The van der Waals surface area contributed by atoms with E-state index in [2.05, 4.69) is 9.97 Å². The lowest BCUT2D eigenvalue weighted by Crippen LogP contribution is -2.70. The van der Waals surface area contributed by atoms with Gasteiger partial charge in [-0.3, -0.25) is 4.90 Å². The summed E-state index contributed by atoms with van der Waals surface area (Å²) in [5.41, 5.74) is -2.82. The van der Waals surface area contributed by atoms with Crippen molar-refractivity contribution in [3.05, 3.63) is 23.8 Å². The van der Waals surface area contributed by atoms with E-state index in [1.165, 1.54) is 0 Å². The number of alkyl halides is 2. The number of ether oxygens (including phenoxy) is 2. The van der Waals surface area contributed by atoms with E-state index in [1.54, 1.807) is 44.7 Å². The number of carbonyl (C=O) groups is 1. The van der Waals surface area contributed by atoms with Gasteiger partial charge in [-0.25, -0.2) is 22.4 Å². The van der Waals surface area contributed by atoms with Crippen LogP contribution in [0.25, 0.3) is 10.9 Å². The summed E-state index contributed by atoms with van der Waals surface area (Å²) in [6.07, 6.45) is 0.683. The first-order chi connectivity index (χ1) is 18.0. The summed E-state index contributed by atoms with van der Waals surface area (Å²) >= 11 is 0. The molecule has 6 rings (SSSR count). The van der Waals surface area contributed by atoms with Crippen molar-refractivity contribution >= 4 is 22.8 Å². The Morgan fingerprint density at radius 1 is 1.21 bits per heavy atom. The van der Waals surface area contributed by atoms with Gasteiger partial charge in [0.15, 0.2) is 5.82 Å². The quantitative estimate of drug-likeness (QED) is 0.474. The Hall–Kier alpha value is -2.89. The van der Waals surface area contributed by atoms with Crippen LogP contribution in [0.1, 0.15) is 47.0 Å². The normalized spacial score (nSPS) is 27.8. The van der Waals surface area contributed by atoms with Crippen LogP contribution < -0.4 is 9.64 Å². The van der Waals surface area contributed by atoms with Gasteiger partial charge in [-0.15, -0.1) is 0 Å². The van der Waals surface area contributed by atoms with Crippen molar-refractivity contribution in [1.82, 2.24) is 19.8 Å². The third-order valence-electron chi connectivity index (χ3n) is 7.88. The number of hydrogen-bond donors (Lipinski definition) is 0. The lowest BCUT2D eigenvalue weighted by atomic mass is 9.80. The van der Waals surface area contributed by atoms with Gasteiger partial charge in [0.1, 0.15) is 29.4 Å². The zero-order valence-corrected chi connectivity index (χ0v) is 23.2. The Kier molecular flexibility index (Phi) is 6.43. The Bertz CT molecular complexity index is 1300. The maximum absolute atomic E-state index is 14.9. The number of aromatic nitrogens is 2. The molecule has 3 atom stereocenters. The average Bonchev–Trinajstić information content (AvgIpc) is 3.34. The third kappa shape index (κ3) is 5.07. The van der Waals surface area contributed by atoms with Gasteiger partial charge >= 0.3 is 12.1 Å². The number of benzene rings is 1. The molecule has 214 valence electrons. The van der Waals surface area contributed by atoms with Crippen LogP contribution in [0.4, 0.5) is 28.2 Å². The van der Waals surface area contributed by atoms with Crippen molar-refractivity contribution in [2.24, 2.45) is 5.41 Å². The minimum atomic E-state index is -2.89. The first-order valence-corrected chi connectivity index (χ1v) is 13.1. The van der Waals surface area contributed by atoms with Crippen LogP contribution >= 0.6 is 0 Å². The maximum atomic E-state index is 14.9. The molecule has 0 radical (unpaired) electrons. The molecule has 8 nitrogen and oxygen atoms in total. The highest BCUT2D eigenvalue weighted by molar-refractivity contribution is 5.91. The molecule has 1 aromatic heterocycles. The molecule has 4 heterocycles. The second-order valence-electron chi connectivity index (χ2n) is 12.7. The maximum Gasteiger partial charge on any atom is 0.410 e. The van der Waals surface area contributed by atoms with Crippen LogP contribution in [0.15, 0.2) is 12.1 Å². The summed E-state index contributed by atoms with van der Waals surface area (Å²) in [6, 6.07) is 1.43. The summed E-state index contributed by atoms with van der Waals surface area (Å²) in [5, 5.41) is 0.152. The number of piperidine rings is 2. The lowest BCUT2D eigenvalue weighted by Gasteiger charge is -2.57. The van der Waals surface area contributed by atoms with E-state index in [4.69, 9.17) is 9.47 Å². The SMILES string of the molecule is CN(C)C[C@@]1(COc2nc(N3C[C@@]4(C)CC[C@H]3CN4C(=O)OC(C)(C)C)c3cc(F)cc(F)c3n2)CC1(F)F. The fourth-order valence-electron chi connectivity index (χ4n) is 5.88. The third-order valence-corrected chi connectivity index (χ3v) is 7.88. The van der Waals surface area contributed by atoms with Crippen molar-refractivity contribution in [3.8, 4) is 6.01 Å². The van der Waals surface area contributed by atoms with Crippen LogP contribution in [-0.4, -0.2) is 89.3 Å². The highest BCUT2D eigenvalue weighted by Gasteiger charge is 2.71. The minimum Gasteiger partial charge on any atom is -0.463 e. The number of piperazine rings is 1. The molecule has 0 N–H and O–H groups in total. The molecule has 0 unspecified atom stereocenters. The average molecular weight is 554 g/mol. The Morgan fingerprint density at radius 2 is 1.90 bits per heavy atom. The number of rotatable bonds is 6. The molecule has 2 bridgehead atoms. The Morgan fingerprint density at radius 3 is 2.49 bits per heavy atom. The predicted octanol–water partition coefficient (Wildman–Crippen LogP) is 4.85. The van der Waals surface area contributed by atoms with Crippen molar-refractivity contribution in [2.45, 2.75) is 70.1 Å². The van der Waals surface area contributed by atoms with Gasteiger partial charge in [0, 0.05) is 43.5 Å². The predicted molar refractivity (Wildman–Crippen MR) is 137 cm³/mol. The molecule has 39 heavy (non-hydrogen) atoms. The molecule has 1 amide bonds. The van der Waals surface area contributed by atoms with Crippen LogP contribution in [0.2, 0.25) is 0 Å². The number of halogens is 4. The zero-order chi connectivity index (χ0) is 28.5. The minimum absolute atomic E-state index is 0.104. The lowest BCUT2D eigenvalue weighted by molar-refractivity contribution is -0.0256. The van der Waals surface area contributed by atoms with Gasteiger partial charge < -0.3 is 19.3 Å². The van der Waals surface area contributed by atoms with Gasteiger partial charge in [0.25, 0.3) is 5.92 Å². The molecule has 4 fully saturated rings. The molecular formula is C27H35F4N5O3. The monoisotopic (exact) mass is 553 g/mol. The van der Waals surface area contributed by atoms with Crippen LogP contribution in [0.5, 0.6) is 6.01 Å². The smallest absolute Gasteiger partial charge is 0.410 e. The fraction of sp³-hybridized carbons (Fsp3) is 0.667. The highest BCUT2D eigenvalue weighted by Crippen LogP contribution is 2.60. The zero-order valence-electron chi connectivity index (χ0n) is 23.2. The summed E-state index contributed by atoms with van der Waals surface area (Å²) in [6.45, 7) is 7.79. The number of hydrogen-bond acceptors (Lipinski definition) is 7. The molecule has 3 aliphatic heterocycles. The molecule has 2 aromatic rings. The second-order valence-corrected chi connectivity index (χ2v) is 12.7. The largest absolute Gasteiger partial charge is 0.463 e. The van der Waals surface area contributed by atoms with Crippen molar-refractivity contribution in [1.29, 1.82) is 0 Å². The van der Waals surface area contributed by atoms with E-state index in [9.17, 15) is 22.4 Å². The standard InChI is InChI=1S/C27H35F4N5O3/c1-24(2,3)39-23(37)36-11-17-7-8-25(36,4)13-35(17)21-18-9-16(28)10-19(29)20(18)32-22(33-21)38-15-26(14-34(5)6)12-27(26,30)31/h9-10,17H,7-8,11-15H2,1-6H3/t17-,25+,26+/m0/s1. The summed E-state index contributed by atoms with van der Waals surface area (Å²) in [7, 11) is 3.41. The summed E-state index contributed by atoms with van der Waals surface area (Å²) in [4.78, 5) is 27.0. The molecule has 12 heteroatoms. The van der Waals surface area contributed by atoms with Crippen LogP contribution in [0.3, 0.4) is 0 Å². The molecule has 4 aliphatic rings.